The van der Waals surface area contributed by atoms with E-state index in [1.54, 1.807) is 0 Å². The second-order valence-electron chi connectivity index (χ2n) is 6.03. The lowest BCUT2D eigenvalue weighted by atomic mass is 9.89. The number of hydrogen-bond acceptors (Lipinski definition) is 4. The molecule has 2 N–H and O–H groups in total. The molecule has 0 bridgehead atoms. The highest BCUT2D eigenvalue weighted by Crippen LogP contribution is 2.22. The number of rotatable bonds is 3. The molecule has 2 aliphatic heterocycles. The molecule has 0 aromatic carbocycles. The van der Waals surface area contributed by atoms with Crippen molar-refractivity contribution in [2.75, 3.05) is 39.3 Å². The quantitative estimate of drug-likeness (QED) is 0.771. The van der Waals surface area contributed by atoms with Gasteiger partial charge in [0.2, 0.25) is 5.91 Å². The lowest BCUT2D eigenvalue weighted by molar-refractivity contribution is -0.138. The van der Waals surface area contributed by atoms with Gasteiger partial charge in [0, 0.05) is 26.2 Å². The van der Waals surface area contributed by atoms with Crippen molar-refractivity contribution in [1.29, 1.82) is 0 Å². The van der Waals surface area contributed by atoms with E-state index in [0.717, 1.165) is 45.3 Å². The van der Waals surface area contributed by atoms with Gasteiger partial charge >= 0.3 is 5.97 Å². The minimum absolute atomic E-state index is 0.0670. The Morgan fingerprint density at radius 1 is 1.15 bits per heavy atom. The van der Waals surface area contributed by atoms with Crippen LogP contribution in [0.4, 0.5) is 0 Å². The van der Waals surface area contributed by atoms with E-state index >= 15 is 0 Å². The van der Waals surface area contributed by atoms with Gasteiger partial charge in [-0.2, -0.15) is 0 Å². The highest BCUT2D eigenvalue weighted by atomic mass is 16.4. The Morgan fingerprint density at radius 3 is 2.60 bits per heavy atom. The zero-order chi connectivity index (χ0) is 14.6. The van der Waals surface area contributed by atoms with E-state index in [1.165, 1.54) is 0 Å². The molecule has 114 valence electrons. The molecular weight excluding hydrogens is 258 g/mol. The molecule has 2 aliphatic rings. The summed E-state index contributed by atoms with van der Waals surface area (Å²) in [5, 5.41) is 12.2. The molecule has 1 atom stereocenters. The number of carboxylic acids is 1. The highest BCUT2D eigenvalue weighted by molar-refractivity contribution is 5.86. The average Bonchev–Trinajstić information content (AvgIpc) is 2.63. The minimum Gasteiger partial charge on any atom is -0.480 e. The predicted molar refractivity (Wildman–Crippen MR) is 75.5 cm³/mol. The third kappa shape index (κ3) is 3.70. The summed E-state index contributed by atoms with van der Waals surface area (Å²) in [6.07, 6.45) is 3.96. The number of nitrogens with zero attached hydrogens (tertiary/aromatic N) is 2. The van der Waals surface area contributed by atoms with Gasteiger partial charge in [0.1, 0.15) is 0 Å². The van der Waals surface area contributed by atoms with Gasteiger partial charge in [-0.25, -0.2) is 0 Å². The SMILES string of the molecule is CC1(C(=O)N2CCCN(CC(=O)O)CC2)CCCCN1. The first kappa shape index (κ1) is 15.3. The summed E-state index contributed by atoms with van der Waals surface area (Å²) >= 11 is 0. The van der Waals surface area contributed by atoms with E-state index in [-0.39, 0.29) is 12.5 Å². The maximum atomic E-state index is 12.7. The number of aliphatic carboxylic acids is 1. The number of carboxylic acid groups (broad SMARTS) is 1. The Hall–Kier alpha value is -1.14. The van der Waals surface area contributed by atoms with Crippen LogP contribution in [-0.4, -0.2) is 71.6 Å². The van der Waals surface area contributed by atoms with Crippen LogP contribution in [0.3, 0.4) is 0 Å². The van der Waals surface area contributed by atoms with Crippen LogP contribution < -0.4 is 5.32 Å². The van der Waals surface area contributed by atoms with Crippen molar-refractivity contribution < 1.29 is 14.7 Å². The molecule has 6 nitrogen and oxygen atoms in total. The maximum Gasteiger partial charge on any atom is 0.317 e. The van der Waals surface area contributed by atoms with Gasteiger partial charge in [0.05, 0.1) is 12.1 Å². The van der Waals surface area contributed by atoms with Crippen LogP contribution in [0.5, 0.6) is 0 Å². The number of hydrogen-bond donors (Lipinski definition) is 2. The van der Waals surface area contributed by atoms with Gasteiger partial charge in [-0.15, -0.1) is 0 Å². The molecule has 20 heavy (non-hydrogen) atoms. The first-order valence-electron chi connectivity index (χ1n) is 7.50. The molecule has 0 spiro atoms. The summed E-state index contributed by atoms with van der Waals surface area (Å²) in [6, 6.07) is 0. The standard InChI is InChI=1S/C14H25N3O3/c1-14(5-2-3-6-15-14)13(20)17-8-4-7-16(9-10-17)11-12(18)19/h15H,2-11H2,1H3,(H,18,19). The van der Waals surface area contributed by atoms with Crippen LogP contribution in [0.2, 0.25) is 0 Å². The lowest BCUT2D eigenvalue weighted by Gasteiger charge is -2.37. The molecule has 0 aliphatic carbocycles. The maximum absolute atomic E-state index is 12.7. The van der Waals surface area contributed by atoms with Gasteiger partial charge in [0.25, 0.3) is 0 Å². The molecule has 0 saturated carbocycles. The normalized spacial score (nSPS) is 28.9. The molecular formula is C14H25N3O3. The summed E-state index contributed by atoms with van der Waals surface area (Å²) in [5.74, 6) is -0.625. The fourth-order valence-corrected chi connectivity index (χ4v) is 3.11. The Morgan fingerprint density at radius 2 is 1.95 bits per heavy atom. The summed E-state index contributed by atoms with van der Waals surface area (Å²) in [7, 11) is 0. The van der Waals surface area contributed by atoms with E-state index in [0.29, 0.717) is 13.1 Å². The van der Waals surface area contributed by atoms with E-state index in [9.17, 15) is 9.59 Å². The van der Waals surface area contributed by atoms with Gasteiger partial charge in [-0.3, -0.25) is 14.5 Å². The van der Waals surface area contributed by atoms with E-state index < -0.39 is 11.5 Å². The molecule has 2 heterocycles. The van der Waals surface area contributed by atoms with E-state index in [1.807, 2.05) is 16.7 Å². The third-order valence-electron chi connectivity index (χ3n) is 4.33. The first-order valence-corrected chi connectivity index (χ1v) is 7.50. The second-order valence-corrected chi connectivity index (χ2v) is 6.03. The van der Waals surface area contributed by atoms with Crippen molar-refractivity contribution in [1.82, 2.24) is 15.1 Å². The summed E-state index contributed by atoms with van der Waals surface area (Å²) in [6.45, 7) is 5.72. The number of carbonyl (C=O) groups is 2. The van der Waals surface area contributed by atoms with Crippen molar-refractivity contribution >= 4 is 11.9 Å². The van der Waals surface area contributed by atoms with Gasteiger partial charge in [-0.05, 0) is 39.2 Å². The fraction of sp³-hybridized carbons (Fsp3) is 0.857. The number of piperidine rings is 1. The van der Waals surface area contributed by atoms with Crippen molar-refractivity contribution in [2.24, 2.45) is 0 Å². The Balaban J connectivity index is 1.92. The fourth-order valence-electron chi connectivity index (χ4n) is 3.11. The smallest absolute Gasteiger partial charge is 0.317 e. The van der Waals surface area contributed by atoms with Crippen molar-refractivity contribution in [3.63, 3.8) is 0 Å². The van der Waals surface area contributed by atoms with Gasteiger partial charge < -0.3 is 15.3 Å². The Kier molecular flexibility index (Phi) is 4.99. The third-order valence-corrected chi connectivity index (χ3v) is 4.33. The molecule has 2 fully saturated rings. The average molecular weight is 283 g/mol. The van der Waals surface area contributed by atoms with E-state index in [4.69, 9.17) is 5.11 Å². The molecule has 6 heteroatoms. The summed E-state index contributed by atoms with van der Waals surface area (Å²) in [4.78, 5) is 27.3. The van der Waals surface area contributed by atoms with Crippen LogP contribution in [0, 0.1) is 0 Å². The van der Waals surface area contributed by atoms with Crippen molar-refractivity contribution in [2.45, 2.75) is 38.1 Å². The minimum atomic E-state index is -0.800. The van der Waals surface area contributed by atoms with Gasteiger partial charge in [0.15, 0.2) is 0 Å². The molecule has 2 rings (SSSR count). The molecule has 0 aromatic rings. The zero-order valence-corrected chi connectivity index (χ0v) is 12.2. The summed E-state index contributed by atoms with van der Waals surface area (Å²) < 4.78 is 0. The topological polar surface area (TPSA) is 72.9 Å². The highest BCUT2D eigenvalue weighted by Gasteiger charge is 2.37. The van der Waals surface area contributed by atoms with Crippen LogP contribution in [0.1, 0.15) is 32.6 Å². The Bertz CT molecular complexity index is 367. The van der Waals surface area contributed by atoms with Gasteiger partial charge in [-0.1, -0.05) is 0 Å². The molecule has 1 unspecified atom stereocenters. The number of amides is 1. The monoisotopic (exact) mass is 283 g/mol. The Labute approximate surface area is 120 Å². The van der Waals surface area contributed by atoms with Crippen molar-refractivity contribution in [3.8, 4) is 0 Å². The molecule has 0 aromatic heterocycles. The number of nitrogens with one attached hydrogen (secondary N) is 1. The van der Waals surface area contributed by atoms with Crippen molar-refractivity contribution in [3.05, 3.63) is 0 Å². The molecule has 0 radical (unpaired) electrons. The van der Waals surface area contributed by atoms with Crippen LogP contribution in [-0.2, 0) is 9.59 Å². The van der Waals surface area contributed by atoms with Crippen LogP contribution in [0.25, 0.3) is 0 Å². The largest absolute Gasteiger partial charge is 0.480 e. The van der Waals surface area contributed by atoms with Crippen LogP contribution in [0.15, 0.2) is 0 Å². The van der Waals surface area contributed by atoms with E-state index in [2.05, 4.69) is 5.32 Å². The molecule has 2 saturated heterocycles. The van der Waals surface area contributed by atoms with Crippen LogP contribution >= 0.6 is 0 Å². The lowest BCUT2D eigenvalue weighted by Crippen LogP contribution is -2.58. The first-order chi connectivity index (χ1) is 9.51. The number of carbonyl (C=O) groups excluding carboxylic acids is 1. The summed E-state index contributed by atoms with van der Waals surface area (Å²) in [5.41, 5.74) is -0.430. The molecule has 1 amide bonds. The zero-order valence-electron chi connectivity index (χ0n) is 12.2. The predicted octanol–water partition coefficient (Wildman–Crippen LogP) is 0.138. The second kappa shape index (κ2) is 6.54.